The van der Waals surface area contributed by atoms with Gasteiger partial charge in [0.05, 0.1) is 11.5 Å². The van der Waals surface area contributed by atoms with Gasteiger partial charge in [-0.3, -0.25) is 19.7 Å². The van der Waals surface area contributed by atoms with Crippen LogP contribution in [-0.2, 0) is 11.2 Å². The Morgan fingerprint density at radius 3 is 2.66 bits per heavy atom. The van der Waals surface area contributed by atoms with Crippen LogP contribution in [0.2, 0.25) is 0 Å². The minimum Gasteiger partial charge on any atom is -0.343 e. The van der Waals surface area contributed by atoms with Crippen molar-refractivity contribution in [1.82, 2.24) is 10.3 Å². The van der Waals surface area contributed by atoms with Gasteiger partial charge in [-0.1, -0.05) is 34.1 Å². The molecule has 0 saturated carbocycles. The highest BCUT2D eigenvalue weighted by Crippen LogP contribution is 2.22. The summed E-state index contributed by atoms with van der Waals surface area (Å²) in [6.07, 6.45) is 2.40. The first kappa shape index (κ1) is 20.6. The minimum atomic E-state index is -0.586. The largest absolute Gasteiger partial charge is 0.343 e. The molecule has 8 nitrogen and oxygen atoms in total. The Bertz CT molecular complexity index is 1050. The van der Waals surface area contributed by atoms with E-state index in [4.69, 9.17) is 0 Å². The van der Waals surface area contributed by atoms with Crippen molar-refractivity contribution < 1.29 is 14.5 Å². The zero-order valence-electron chi connectivity index (χ0n) is 14.9. The molecule has 0 spiro atoms. The van der Waals surface area contributed by atoms with E-state index in [0.29, 0.717) is 11.6 Å². The molecule has 0 saturated heterocycles. The van der Waals surface area contributed by atoms with Gasteiger partial charge in [-0.15, -0.1) is 11.3 Å². The lowest BCUT2D eigenvalue weighted by molar-refractivity contribution is -0.384. The monoisotopic (exact) mass is 474 g/mol. The Labute approximate surface area is 178 Å². The van der Waals surface area contributed by atoms with Gasteiger partial charge in [0.15, 0.2) is 5.13 Å². The molecular weight excluding hydrogens is 460 g/mol. The molecule has 0 bridgehead atoms. The summed E-state index contributed by atoms with van der Waals surface area (Å²) in [7, 11) is 0. The second-order valence-electron chi connectivity index (χ2n) is 5.97. The highest BCUT2D eigenvalue weighted by Gasteiger charge is 2.13. The molecule has 3 aromatic rings. The number of nitrogens with zero attached hydrogens (tertiary/aromatic N) is 2. The summed E-state index contributed by atoms with van der Waals surface area (Å²) in [4.78, 5) is 39.5. The summed E-state index contributed by atoms with van der Waals surface area (Å²) < 4.78 is 1.01. The van der Waals surface area contributed by atoms with Crippen LogP contribution in [0.1, 0.15) is 20.8 Å². The molecule has 0 aliphatic rings. The van der Waals surface area contributed by atoms with E-state index in [1.807, 2.05) is 24.3 Å². The molecule has 0 atom stereocenters. The summed E-state index contributed by atoms with van der Waals surface area (Å²) in [6, 6.07) is 13.2. The number of carbonyl (C=O) groups excluding carboxylic acids is 2. The maximum absolute atomic E-state index is 12.1. The number of nitrogens with one attached hydrogen (secondary N) is 2. The summed E-state index contributed by atoms with van der Waals surface area (Å²) >= 11 is 4.75. The van der Waals surface area contributed by atoms with Crippen molar-refractivity contribution in [3.05, 3.63) is 85.3 Å². The van der Waals surface area contributed by atoms with Gasteiger partial charge in [0.25, 0.3) is 11.6 Å². The number of anilines is 1. The quantitative estimate of drug-likeness (QED) is 0.399. The number of nitro groups is 1. The van der Waals surface area contributed by atoms with Crippen LogP contribution in [0.4, 0.5) is 10.8 Å². The Balaban J connectivity index is 1.51. The van der Waals surface area contributed by atoms with Gasteiger partial charge in [0, 0.05) is 39.7 Å². The first-order valence-corrected chi connectivity index (χ1v) is 10.0. The highest BCUT2D eigenvalue weighted by atomic mass is 79.9. The summed E-state index contributed by atoms with van der Waals surface area (Å²) in [5.74, 6) is -1.01. The van der Waals surface area contributed by atoms with Crippen molar-refractivity contribution in [2.45, 2.75) is 6.42 Å². The van der Waals surface area contributed by atoms with Gasteiger partial charge in [0.1, 0.15) is 0 Å². The van der Waals surface area contributed by atoms with Gasteiger partial charge in [-0.05, 0) is 23.8 Å². The number of amides is 2. The molecule has 148 valence electrons. The third kappa shape index (κ3) is 5.93. The van der Waals surface area contributed by atoms with Gasteiger partial charge >= 0.3 is 0 Å². The highest BCUT2D eigenvalue weighted by molar-refractivity contribution is 9.10. The van der Waals surface area contributed by atoms with Gasteiger partial charge in [-0.2, -0.15) is 0 Å². The fourth-order valence-corrected chi connectivity index (χ4v) is 3.56. The number of hydrogen-bond donors (Lipinski definition) is 2. The van der Waals surface area contributed by atoms with Crippen LogP contribution in [0.3, 0.4) is 0 Å². The van der Waals surface area contributed by atoms with Crippen LogP contribution in [0.5, 0.6) is 0 Å². The number of aromatic nitrogens is 1. The Morgan fingerprint density at radius 2 is 1.93 bits per heavy atom. The maximum atomic E-state index is 12.1. The number of rotatable bonds is 7. The molecule has 0 radical (unpaired) electrons. The lowest BCUT2D eigenvalue weighted by Gasteiger charge is -2.05. The minimum absolute atomic E-state index is 0.109. The van der Waals surface area contributed by atoms with E-state index >= 15 is 0 Å². The average molecular weight is 475 g/mol. The van der Waals surface area contributed by atoms with Crippen molar-refractivity contribution in [2.75, 3.05) is 11.9 Å². The molecule has 0 unspecified atom stereocenters. The lowest BCUT2D eigenvalue weighted by Crippen LogP contribution is -2.32. The molecule has 0 aliphatic carbocycles. The van der Waals surface area contributed by atoms with E-state index < -0.39 is 16.7 Å². The third-order valence-electron chi connectivity index (χ3n) is 3.82. The van der Waals surface area contributed by atoms with E-state index in [0.717, 1.165) is 21.0 Å². The number of non-ortho nitro benzene ring substituents is 1. The van der Waals surface area contributed by atoms with Crippen molar-refractivity contribution in [1.29, 1.82) is 0 Å². The Kier molecular flexibility index (Phi) is 6.68. The zero-order chi connectivity index (χ0) is 20.8. The topological polar surface area (TPSA) is 114 Å². The van der Waals surface area contributed by atoms with Crippen LogP contribution < -0.4 is 10.6 Å². The molecular formula is C19H15BrN4O4S. The molecule has 10 heteroatoms. The first-order valence-electron chi connectivity index (χ1n) is 8.42. The molecule has 1 aromatic heterocycles. The molecule has 0 aliphatic heterocycles. The smallest absolute Gasteiger partial charge is 0.270 e. The van der Waals surface area contributed by atoms with Gasteiger partial charge in [0.2, 0.25) is 5.91 Å². The Morgan fingerprint density at radius 1 is 1.17 bits per heavy atom. The molecule has 29 heavy (non-hydrogen) atoms. The van der Waals surface area contributed by atoms with Crippen molar-refractivity contribution in [3.8, 4) is 0 Å². The van der Waals surface area contributed by atoms with Crippen LogP contribution in [0.15, 0.2) is 59.2 Å². The maximum Gasteiger partial charge on any atom is 0.270 e. The van der Waals surface area contributed by atoms with Crippen LogP contribution in [-0.4, -0.2) is 28.3 Å². The predicted molar refractivity (Wildman–Crippen MR) is 113 cm³/mol. The van der Waals surface area contributed by atoms with Crippen molar-refractivity contribution >= 4 is 49.9 Å². The average Bonchev–Trinajstić information content (AvgIpc) is 3.14. The normalized spacial score (nSPS) is 10.4. The zero-order valence-corrected chi connectivity index (χ0v) is 17.3. The molecule has 0 fully saturated rings. The van der Waals surface area contributed by atoms with Crippen LogP contribution in [0.25, 0.3) is 0 Å². The second-order valence-corrected chi connectivity index (χ2v) is 8.00. The van der Waals surface area contributed by atoms with Gasteiger partial charge < -0.3 is 10.6 Å². The second kappa shape index (κ2) is 9.39. The lowest BCUT2D eigenvalue weighted by atomic mass is 10.1. The third-order valence-corrected chi connectivity index (χ3v) is 5.26. The molecule has 3 rings (SSSR count). The number of thiazole rings is 1. The SMILES string of the molecule is O=C(CNC(=O)c1cccc([N+](=O)[O-])c1)Nc1ncc(Cc2ccc(Br)cc2)s1. The van der Waals surface area contributed by atoms with Gasteiger partial charge in [-0.25, -0.2) is 4.98 Å². The fourth-order valence-electron chi connectivity index (χ4n) is 2.44. The van der Waals surface area contributed by atoms with Crippen LogP contribution in [0, 0.1) is 10.1 Å². The molecule has 1 heterocycles. The summed E-state index contributed by atoms with van der Waals surface area (Å²) in [6.45, 7) is -0.275. The summed E-state index contributed by atoms with van der Waals surface area (Å²) in [5, 5.41) is 16.3. The van der Waals surface area contributed by atoms with E-state index in [1.165, 1.54) is 29.5 Å². The molecule has 2 N–H and O–H groups in total. The van der Waals surface area contributed by atoms with Crippen molar-refractivity contribution in [2.24, 2.45) is 0 Å². The fraction of sp³-hybridized carbons (Fsp3) is 0.105. The van der Waals surface area contributed by atoms with E-state index in [1.54, 1.807) is 6.20 Å². The van der Waals surface area contributed by atoms with E-state index in [2.05, 4.69) is 31.5 Å². The summed E-state index contributed by atoms with van der Waals surface area (Å²) in [5.41, 5.74) is 1.04. The number of hydrogen-bond acceptors (Lipinski definition) is 6. The number of halogens is 1. The number of carbonyl (C=O) groups is 2. The first-order chi connectivity index (χ1) is 13.9. The molecule has 2 amide bonds. The molecule has 2 aromatic carbocycles. The van der Waals surface area contributed by atoms with E-state index in [9.17, 15) is 19.7 Å². The Hall–Kier alpha value is -3.11. The number of benzene rings is 2. The van der Waals surface area contributed by atoms with Crippen LogP contribution >= 0.6 is 27.3 Å². The van der Waals surface area contributed by atoms with E-state index in [-0.39, 0.29) is 17.8 Å². The predicted octanol–water partition coefficient (Wildman–Crippen LogP) is 3.77. The standard InChI is InChI=1S/C19H15BrN4O4S/c20-14-6-4-12(5-7-14)8-16-10-22-19(29-16)23-17(25)11-21-18(26)13-2-1-3-15(9-13)24(27)28/h1-7,9-10H,8,11H2,(H,21,26)(H,22,23,25). The number of nitro benzene ring substituents is 1. The van der Waals surface area contributed by atoms with Crippen molar-refractivity contribution in [3.63, 3.8) is 0 Å².